The van der Waals surface area contributed by atoms with Gasteiger partial charge < -0.3 is 4.42 Å². The van der Waals surface area contributed by atoms with Crippen LogP contribution in [0, 0.1) is 0 Å². The Kier molecular flexibility index (Phi) is 2.44. The summed E-state index contributed by atoms with van der Waals surface area (Å²) in [6.45, 7) is 6.96. The second-order valence-electron chi connectivity index (χ2n) is 1.92. The fourth-order valence-corrected chi connectivity index (χ4v) is 0.749. The molecule has 0 aromatic carbocycles. The van der Waals surface area contributed by atoms with Crippen LogP contribution in [0.3, 0.4) is 0 Å². The van der Waals surface area contributed by atoms with E-state index in [1.165, 1.54) is 0 Å². The van der Waals surface area contributed by atoms with E-state index < -0.39 is 0 Å². The largest absolute Gasteiger partial charge is 0.463 e. The Morgan fingerprint density at radius 2 is 2.45 bits per heavy atom. The van der Waals surface area contributed by atoms with Gasteiger partial charge in [0.05, 0.1) is 6.26 Å². The number of hydrogen-bond acceptors (Lipinski definition) is 2. The zero-order valence-corrected chi connectivity index (χ0v) is 6.16. The van der Waals surface area contributed by atoms with Crippen LogP contribution in [-0.4, -0.2) is 6.72 Å². The monoisotopic (exact) mass is 147 g/mol. The molecule has 0 N–H and O–H groups in total. The minimum Gasteiger partial charge on any atom is -0.463 e. The van der Waals surface area contributed by atoms with Gasteiger partial charge in [0.15, 0.2) is 5.76 Å². The smallest absolute Gasteiger partial charge is 0.152 e. The molecule has 0 amide bonds. The van der Waals surface area contributed by atoms with Crippen molar-refractivity contribution in [1.29, 1.82) is 0 Å². The molecule has 0 saturated heterocycles. The molecule has 0 spiro atoms. The maximum absolute atomic E-state index is 5.09. The summed E-state index contributed by atoms with van der Waals surface area (Å²) in [5, 5.41) is 0. The fourth-order valence-electron chi connectivity index (χ4n) is 0.749. The van der Waals surface area contributed by atoms with Crippen LogP contribution in [0.1, 0.15) is 5.76 Å². The number of aliphatic imine (C=N–C) groups is 1. The van der Waals surface area contributed by atoms with Crippen LogP contribution in [0.5, 0.6) is 0 Å². The van der Waals surface area contributed by atoms with Gasteiger partial charge in [-0.1, -0.05) is 12.7 Å². The van der Waals surface area contributed by atoms with Gasteiger partial charge in [0.1, 0.15) is 5.70 Å². The summed E-state index contributed by atoms with van der Waals surface area (Å²) in [4.78, 5) is 3.77. The van der Waals surface area contributed by atoms with E-state index in [1.54, 1.807) is 24.5 Å². The minimum atomic E-state index is 0.699. The Hall–Kier alpha value is -1.57. The molecule has 0 fully saturated rings. The van der Waals surface area contributed by atoms with Crippen molar-refractivity contribution in [3.63, 3.8) is 0 Å². The van der Waals surface area contributed by atoms with Crippen molar-refractivity contribution in [3.8, 4) is 0 Å². The quantitative estimate of drug-likeness (QED) is 0.476. The summed E-state index contributed by atoms with van der Waals surface area (Å²) >= 11 is 0. The zero-order chi connectivity index (χ0) is 8.10. The molecule has 0 unspecified atom stereocenters. The SMILES string of the molecule is C=C/C=C(\N=C)c1ccco1. The third kappa shape index (κ3) is 1.67. The van der Waals surface area contributed by atoms with Crippen molar-refractivity contribution in [2.24, 2.45) is 4.99 Å². The topological polar surface area (TPSA) is 25.5 Å². The first-order valence-electron chi connectivity index (χ1n) is 3.22. The van der Waals surface area contributed by atoms with Crippen LogP contribution in [0.25, 0.3) is 5.70 Å². The van der Waals surface area contributed by atoms with Crippen LogP contribution in [0.2, 0.25) is 0 Å². The average Bonchev–Trinajstić information content (AvgIpc) is 2.52. The van der Waals surface area contributed by atoms with Gasteiger partial charge in [0.25, 0.3) is 0 Å². The van der Waals surface area contributed by atoms with Gasteiger partial charge in [-0.3, -0.25) is 4.99 Å². The van der Waals surface area contributed by atoms with Crippen molar-refractivity contribution in [2.45, 2.75) is 0 Å². The molecular weight excluding hydrogens is 138 g/mol. The Balaban J connectivity index is 2.97. The lowest BCUT2D eigenvalue weighted by molar-refractivity contribution is 0.552. The lowest BCUT2D eigenvalue weighted by Gasteiger charge is -1.91. The Bertz CT molecular complexity index is 270. The molecule has 2 heteroatoms. The van der Waals surface area contributed by atoms with Gasteiger partial charge >= 0.3 is 0 Å². The highest BCUT2D eigenvalue weighted by Gasteiger charge is 1.98. The molecule has 0 saturated carbocycles. The summed E-state index contributed by atoms with van der Waals surface area (Å²) in [7, 11) is 0. The van der Waals surface area contributed by atoms with Crippen LogP contribution < -0.4 is 0 Å². The van der Waals surface area contributed by atoms with Gasteiger partial charge in [-0.05, 0) is 24.9 Å². The summed E-state index contributed by atoms with van der Waals surface area (Å²) in [5.41, 5.74) is 0.699. The van der Waals surface area contributed by atoms with E-state index in [4.69, 9.17) is 4.42 Å². The molecule has 0 atom stereocenters. The normalized spacial score (nSPS) is 11.1. The molecule has 0 aliphatic rings. The van der Waals surface area contributed by atoms with Crippen molar-refractivity contribution in [1.82, 2.24) is 0 Å². The minimum absolute atomic E-state index is 0.699. The molecule has 1 aromatic heterocycles. The summed E-state index contributed by atoms with van der Waals surface area (Å²) in [6.07, 6.45) is 4.98. The standard InChI is InChI=1S/C9H9NO/c1-3-5-8(10-2)9-6-4-7-11-9/h3-7H,1-2H2/b8-5-. The first kappa shape index (κ1) is 7.54. The maximum atomic E-state index is 5.09. The molecule has 2 nitrogen and oxygen atoms in total. The maximum Gasteiger partial charge on any atom is 0.152 e. The van der Waals surface area contributed by atoms with E-state index in [0.29, 0.717) is 11.5 Å². The Morgan fingerprint density at radius 1 is 1.64 bits per heavy atom. The summed E-state index contributed by atoms with van der Waals surface area (Å²) in [6, 6.07) is 3.63. The van der Waals surface area contributed by atoms with E-state index in [1.807, 2.05) is 6.07 Å². The molecular formula is C9H9NO. The van der Waals surface area contributed by atoms with Gasteiger partial charge in [0, 0.05) is 0 Å². The Morgan fingerprint density at radius 3 is 2.91 bits per heavy atom. The Labute approximate surface area is 65.6 Å². The predicted octanol–water partition coefficient (Wildman–Crippen LogP) is 2.51. The molecule has 0 bridgehead atoms. The van der Waals surface area contributed by atoms with Gasteiger partial charge in [-0.2, -0.15) is 0 Å². The van der Waals surface area contributed by atoms with E-state index >= 15 is 0 Å². The van der Waals surface area contributed by atoms with E-state index in [-0.39, 0.29) is 0 Å². The summed E-state index contributed by atoms with van der Waals surface area (Å²) < 4.78 is 5.09. The lowest BCUT2D eigenvalue weighted by Crippen LogP contribution is -1.73. The third-order valence-corrected chi connectivity index (χ3v) is 1.22. The highest BCUT2D eigenvalue weighted by molar-refractivity contribution is 5.65. The second-order valence-corrected chi connectivity index (χ2v) is 1.92. The van der Waals surface area contributed by atoms with Crippen molar-refractivity contribution >= 4 is 12.4 Å². The number of nitrogens with zero attached hydrogens (tertiary/aromatic N) is 1. The molecule has 0 aliphatic carbocycles. The van der Waals surface area contributed by atoms with E-state index in [9.17, 15) is 0 Å². The third-order valence-electron chi connectivity index (χ3n) is 1.22. The number of allylic oxidation sites excluding steroid dienone is 2. The number of hydrogen-bond donors (Lipinski definition) is 0. The van der Waals surface area contributed by atoms with Gasteiger partial charge in [-0.15, -0.1) is 0 Å². The molecule has 0 radical (unpaired) electrons. The van der Waals surface area contributed by atoms with Crippen molar-refractivity contribution < 1.29 is 4.42 Å². The zero-order valence-electron chi connectivity index (χ0n) is 6.16. The molecule has 56 valence electrons. The van der Waals surface area contributed by atoms with Crippen molar-refractivity contribution in [2.75, 3.05) is 0 Å². The fraction of sp³-hybridized carbons (Fsp3) is 0. The first-order valence-corrected chi connectivity index (χ1v) is 3.22. The molecule has 0 aliphatic heterocycles. The molecule has 1 aromatic rings. The predicted molar refractivity (Wildman–Crippen MR) is 46.4 cm³/mol. The average molecular weight is 147 g/mol. The number of rotatable bonds is 3. The highest BCUT2D eigenvalue weighted by Crippen LogP contribution is 2.14. The van der Waals surface area contributed by atoms with E-state index in [2.05, 4.69) is 18.3 Å². The highest BCUT2D eigenvalue weighted by atomic mass is 16.3. The summed E-state index contributed by atoms with van der Waals surface area (Å²) in [5.74, 6) is 0.708. The molecule has 11 heavy (non-hydrogen) atoms. The molecule has 1 rings (SSSR count). The van der Waals surface area contributed by atoms with Crippen LogP contribution in [0.15, 0.2) is 46.5 Å². The van der Waals surface area contributed by atoms with Crippen LogP contribution >= 0.6 is 0 Å². The van der Waals surface area contributed by atoms with Gasteiger partial charge in [0.2, 0.25) is 0 Å². The second kappa shape index (κ2) is 3.56. The van der Waals surface area contributed by atoms with Crippen molar-refractivity contribution in [3.05, 3.63) is 42.9 Å². The first-order chi connectivity index (χ1) is 5.38. The van der Waals surface area contributed by atoms with Gasteiger partial charge in [-0.25, -0.2) is 0 Å². The van der Waals surface area contributed by atoms with E-state index in [0.717, 1.165) is 0 Å². The van der Waals surface area contributed by atoms with Crippen LogP contribution in [0.4, 0.5) is 0 Å². The number of furan rings is 1. The lowest BCUT2D eigenvalue weighted by atomic mass is 10.3. The van der Waals surface area contributed by atoms with Crippen LogP contribution in [-0.2, 0) is 0 Å². The molecule has 1 heterocycles.